The van der Waals surface area contributed by atoms with Gasteiger partial charge in [-0.25, -0.2) is 0 Å². The molecule has 0 aromatic rings. The van der Waals surface area contributed by atoms with Crippen molar-refractivity contribution in [3.8, 4) is 0 Å². The first-order valence-electron chi connectivity index (χ1n) is 6.63. The second-order valence-corrected chi connectivity index (χ2v) is 5.76. The maximum absolute atomic E-state index is 11.9. The Morgan fingerprint density at radius 3 is 2.61 bits per heavy atom. The summed E-state index contributed by atoms with van der Waals surface area (Å²) >= 11 is 0. The minimum Gasteiger partial charge on any atom is -0.353 e. The molecule has 1 amide bonds. The lowest BCUT2D eigenvalue weighted by atomic mass is 9.96. The molecule has 0 radical (unpaired) electrons. The van der Waals surface area contributed by atoms with Crippen LogP contribution in [0, 0.1) is 11.8 Å². The third-order valence-corrected chi connectivity index (χ3v) is 2.98. The van der Waals surface area contributed by atoms with Crippen LogP contribution in [0.15, 0.2) is 0 Å². The average Bonchev–Trinajstić information content (AvgIpc) is 2.62. The molecule has 0 bridgehead atoms. The summed E-state index contributed by atoms with van der Waals surface area (Å²) in [5, 5.41) is 2.89. The highest BCUT2D eigenvalue weighted by Crippen LogP contribution is 2.21. The van der Waals surface area contributed by atoms with Crippen molar-refractivity contribution in [2.45, 2.75) is 46.0 Å². The number of carbonyl (C=O) groups excluding carboxylic acids is 1. The minimum atomic E-state index is -0.541. The van der Waals surface area contributed by atoms with E-state index in [1.54, 1.807) is 0 Å². The van der Waals surface area contributed by atoms with Crippen LogP contribution in [0.2, 0.25) is 0 Å². The van der Waals surface area contributed by atoms with Crippen LogP contribution in [0.25, 0.3) is 0 Å². The fraction of sp³-hybridized carbons (Fsp3) is 0.923. The van der Waals surface area contributed by atoms with Crippen molar-refractivity contribution >= 4 is 5.91 Å². The predicted octanol–water partition coefficient (Wildman–Crippen LogP) is 0.875. The van der Waals surface area contributed by atoms with E-state index in [4.69, 9.17) is 15.2 Å². The van der Waals surface area contributed by atoms with Crippen molar-refractivity contribution in [3.63, 3.8) is 0 Å². The second-order valence-electron chi connectivity index (χ2n) is 5.76. The van der Waals surface area contributed by atoms with Gasteiger partial charge < -0.3 is 20.5 Å². The van der Waals surface area contributed by atoms with Gasteiger partial charge in [0.05, 0.1) is 12.5 Å². The molecular weight excluding hydrogens is 232 g/mol. The van der Waals surface area contributed by atoms with E-state index >= 15 is 0 Å². The Balaban J connectivity index is 2.32. The molecule has 2 atom stereocenters. The highest BCUT2D eigenvalue weighted by Gasteiger charge is 2.33. The maximum atomic E-state index is 11.9. The number of hydrogen-bond donors (Lipinski definition) is 2. The quantitative estimate of drug-likeness (QED) is 0.741. The van der Waals surface area contributed by atoms with Crippen molar-refractivity contribution in [2.75, 3.05) is 19.7 Å². The Kier molecular flexibility index (Phi) is 5.56. The summed E-state index contributed by atoms with van der Waals surface area (Å²) in [7, 11) is 0. The molecule has 0 aromatic heterocycles. The normalized spacial score (nSPS) is 24.2. The molecule has 2 unspecified atom stereocenters. The van der Waals surface area contributed by atoms with Gasteiger partial charge in [0.15, 0.2) is 5.79 Å². The predicted molar refractivity (Wildman–Crippen MR) is 69.9 cm³/mol. The largest absolute Gasteiger partial charge is 0.353 e. The highest BCUT2D eigenvalue weighted by molar-refractivity contribution is 5.78. The molecule has 0 aromatic carbocycles. The standard InChI is InChI=1S/C13H26N2O3/c1-9(2)5-10(6-14)12(16)15-7-11-8-17-13(3,4)18-11/h9-11H,5-8,14H2,1-4H3,(H,15,16). The lowest BCUT2D eigenvalue weighted by Gasteiger charge is -2.19. The fourth-order valence-electron chi connectivity index (χ4n) is 2.10. The van der Waals surface area contributed by atoms with E-state index < -0.39 is 5.79 Å². The molecule has 1 aliphatic heterocycles. The van der Waals surface area contributed by atoms with Crippen LogP contribution in [0.3, 0.4) is 0 Å². The lowest BCUT2D eigenvalue weighted by Crippen LogP contribution is -2.40. The van der Waals surface area contributed by atoms with E-state index in [1.807, 2.05) is 13.8 Å². The molecule has 1 fully saturated rings. The van der Waals surface area contributed by atoms with E-state index in [0.717, 1.165) is 6.42 Å². The van der Waals surface area contributed by atoms with Gasteiger partial charge in [-0.05, 0) is 26.2 Å². The molecule has 1 rings (SSSR count). The van der Waals surface area contributed by atoms with E-state index in [2.05, 4.69) is 19.2 Å². The van der Waals surface area contributed by atoms with Crippen molar-refractivity contribution in [1.29, 1.82) is 0 Å². The summed E-state index contributed by atoms with van der Waals surface area (Å²) in [6.45, 7) is 9.31. The molecule has 1 heterocycles. The molecule has 0 spiro atoms. The van der Waals surface area contributed by atoms with Gasteiger partial charge in [0.2, 0.25) is 5.91 Å². The third kappa shape index (κ3) is 4.92. The topological polar surface area (TPSA) is 73.6 Å². The Morgan fingerprint density at radius 1 is 1.50 bits per heavy atom. The Morgan fingerprint density at radius 2 is 2.17 bits per heavy atom. The smallest absolute Gasteiger partial charge is 0.224 e. The number of carbonyl (C=O) groups is 1. The molecule has 106 valence electrons. The van der Waals surface area contributed by atoms with Gasteiger partial charge >= 0.3 is 0 Å². The number of rotatable bonds is 6. The summed E-state index contributed by atoms with van der Waals surface area (Å²) in [4.78, 5) is 11.9. The van der Waals surface area contributed by atoms with Gasteiger partial charge in [-0.1, -0.05) is 13.8 Å². The summed E-state index contributed by atoms with van der Waals surface area (Å²) in [6.07, 6.45) is 0.747. The molecule has 18 heavy (non-hydrogen) atoms. The zero-order chi connectivity index (χ0) is 13.8. The summed E-state index contributed by atoms with van der Waals surface area (Å²) in [5.74, 6) is -0.172. The molecule has 0 saturated carbocycles. The molecule has 0 aliphatic carbocycles. The van der Waals surface area contributed by atoms with Gasteiger partial charge in [0, 0.05) is 13.1 Å². The summed E-state index contributed by atoms with van der Waals surface area (Å²) in [6, 6.07) is 0. The molecule has 5 nitrogen and oxygen atoms in total. The van der Waals surface area contributed by atoms with Gasteiger partial charge in [0.25, 0.3) is 0 Å². The zero-order valence-electron chi connectivity index (χ0n) is 11.9. The van der Waals surface area contributed by atoms with Crippen LogP contribution in [0.5, 0.6) is 0 Å². The first-order chi connectivity index (χ1) is 8.34. The molecule has 3 N–H and O–H groups in total. The Hall–Kier alpha value is -0.650. The molecule has 1 aliphatic rings. The van der Waals surface area contributed by atoms with Gasteiger partial charge in [-0.2, -0.15) is 0 Å². The van der Waals surface area contributed by atoms with E-state index in [9.17, 15) is 4.79 Å². The number of hydrogen-bond acceptors (Lipinski definition) is 4. The Bertz CT molecular complexity index is 279. The fourth-order valence-corrected chi connectivity index (χ4v) is 2.10. The highest BCUT2D eigenvalue weighted by atomic mass is 16.7. The van der Waals surface area contributed by atoms with Crippen molar-refractivity contribution in [2.24, 2.45) is 17.6 Å². The van der Waals surface area contributed by atoms with Crippen molar-refractivity contribution in [3.05, 3.63) is 0 Å². The zero-order valence-corrected chi connectivity index (χ0v) is 11.9. The summed E-state index contributed by atoms with van der Waals surface area (Å²) < 4.78 is 11.1. The monoisotopic (exact) mass is 258 g/mol. The lowest BCUT2D eigenvalue weighted by molar-refractivity contribution is -0.140. The second kappa shape index (κ2) is 6.50. The SMILES string of the molecule is CC(C)CC(CN)C(=O)NCC1COC(C)(C)O1. The maximum Gasteiger partial charge on any atom is 0.224 e. The van der Waals surface area contributed by atoms with Crippen LogP contribution in [0.1, 0.15) is 34.1 Å². The summed E-state index contributed by atoms with van der Waals surface area (Å²) in [5.41, 5.74) is 5.63. The van der Waals surface area contributed by atoms with Gasteiger partial charge in [0.1, 0.15) is 6.10 Å². The third-order valence-electron chi connectivity index (χ3n) is 2.98. The van der Waals surface area contributed by atoms with Crippen LogP contribution >= 0.6 is 0 Å². The Labute approximate surface area is 109 Å². The first-order valence-corrected chi connectivity index (χ1v) is 6.63. The van der Waals surface area contributed by atoms with Crippen molar-refractivity contribution < 1.29 is 14.3 Å². The molecular formula is C13H26N2O3. The number of nitrogens with one attached hydrogen (secondary N) is 1. The van der Waals surface area contributed by atoms with E-state index in [1.165, 1.54) is 0 Å². The van der Waals surface area contributed by atoms with Crippen LogP contribution in [-0.2, 0) is 14.3 Å². The van der Waals surface area contributed by atoms with Crippen LogP contribution in [0.4, 0.5) is 0 Å². The number of amides is 1. The van der Waals surface area contributed by atoms with Crippen molar-refractivity contribution in [1.82, 2.24) is 5.32 Å². The van der Waals surface area contributed by atoms with E-state index in [0.29, 0.717) is 25.6 Å². The average molecular weight is 258 g/mol. The van der Waals surface area contributed by atoms with Gasteiger partial charge in [-0.15, -0.1) is 0 Å². The molecule has 5 heteroatoms. The van der Waals surface area contributed by atoms with Crippen LogP contribution in [-0.4, -0.2) is 37.5 Å². The van der Waals surface area contributed by atoms with E-state index in [-0.39, 0.29) is 17.9 Å². The van der Waals surface area contributed by atoms with Gasteiger partial charge in [-0.3, -0.25) is 4.79 Å². The first kappa shape index (κ1) is 15.4. The number of nitrogens with two attached hydrogens (primary N) is 1. The minimum absolute atomic E-state index is 0.0134. The molecule has 1 saturated heterocycles. The number of ether oxygens (including phenoxy) is 2. The van der Waals surface area contributed by atoms with Crippen LogP contribution < -0.4 is 11.1 Å².